The molecule has 2 N–H and O–H groups in total. The third-order valence-corrected chi connectivity index (χ3v) is 6.28. The second kappa shape index (κ2) is 11.6. The van der Waals surface area contributed by atoms with Crippen molar-refractivity contribution in [3.8, 4) is 0 Å². The van der Waals surface area contributed by atoms with Gasteiger partial charge >= 0.3 is 0 Å². The summed E-state index contributed by atoms with van der Waals surface area (Å²) < 4.78 is 10.6. The molecule has 184 valence electrons. The summed E-state index contributed by atoms with van der Waals surface area (Å²) in [6, 6.07) is 13.4. The minimum atomic E-state index is -0.879. The maximum absolute atomic E-state index is 13.7. The van der Waals surface area contributed by atoms with E-state index in [0.717, 1.165) is 31.2 Å². The molecule has 0 unspecified atom stereocenters. The van der Waals surface area contributed by atoms with Crippen LogP contribution in [-0.2, 0) is 16.1 Å². The molecule has 35 heavy (non-hydrogen) atoms. The fourth-order valence-corrected chi connectivity index (χ4v) is 4.39. The first-order valence-corrected chi connectivity index (χ1v) is 12.0. The predicted octanol–water partition coefficient (Wildman–Crippen LogP) is 4.13. The zero-order valence-corrected chi connectivity index (χ0v) is 19.9. The van der Waals surface area contributed by atoms with Crippen LogP contribution in [0.1, 0.15) is 65.6 Å². The van der Waals surface area contributed by atoms with Gasteiger partial charge in [-0.1, -0.05) is 49.1 Å². The molecule has 0 spiro atoms. The van der Waals surface area contributed by atoms with E-state index in [1.807, 2.05) is 31.2 Å². The Bertz CT molecular complexity index is 1100. The van der Waals surface area contributed by atoms with Gasteiger partial charge in [0.25, 0.3) is 5.91 Å². The van der Waals surface area contributed by atoms with Crippen LogP contribution in [0.5, 0.6) is 0 Å². The monoisotopic (exact) mass is 477 g/mol. The zero-order chi connectivity index (χ0) is 24.6. The fraction of sp³-hybridized carbons (Fsp3) is 0.370. The maximum Gasteiger partial charge on any atom is 0.287 e. The molecule has 3 aromatic rings. The van der Waals surface area contributed by atoms with E-state index in [1.54, 1.807) is 18.2 Å². The van der Waals surface area contributed by atoms with E-state index in [-0.39, 0.29) is 30.8 Å². The molecule has 0 saturated heterocycles. The van der Waals surface area contributed by atoms with Crippen molar-refractivity contribution in [3.05, 3.63) is 83.7 Å². The molecular weight excluding hydrogens is 446 g/mol. The first-order valence-electron chi connectivity index (χ1n) is 12.0. The summed E-state index contributed by atoms with van der Waals surface area (Å²) in [5, 5.41) is 5.76. The van der Waals surface area contributed by atoms with E-state index in [2.05, 4.69) is 10.6 Å². The van der Waals surface area contributed by atoms with Crippen LogP contribution >= 0.6 is 0 Å². The van der Waals surface area contributed by atoms with Crippen LogP contribution in [0.2, 0.25) is 0 Å². The number of rotatable bonds is 9. The lowest BCUT2D eigenvalue weighted by atomic mass is 9.94. The molecule has 8 heteroatoms. The second-order valence-electron chi connectivity index (χ2n) is 8.92. The van der Waals surface area contributed by atoms with Gasteiger partial charge in [0.1, 0.15) is 11.8 Å². The Morgan fingerprint density at radius 2 is 1.69 bits per heavy atom. The van der Waals surface area contributed by atoms with Gasteiger partial charge in [-0.3, -0.25) is 14.4 Å². The summed E-state index contributed by atoms with van der Waals surface area (Å²) in [5.74, 6) is -0.498. The summed E-state index contributed by atoms with van der Waals surface area (Å²) in [6.07, 6.45) is 8.10. The Morgan fingerprint density at radius 1 is 0.971 bits per heavy atom. The van der Waals surface area contributed by atoms with Gasteiger partial charge < -0.3 is 24.4 Å². The molecule has 0 aliphatic heterocycles. The fourth-order valence-electron chi connectivity index (χ4n) is 4.39. The lowest BCUT2D eigenvalue weighted by molar-refractivity contribution is -0.141. The molecule has 1 aromatic carbocycles. The van der Waals surface area contributed by atoms with Gasteiger partial charge in [-0.2, -0.15) is 0 Å². The Morgan fingerprint density at radius 3 is 2.34 bits per heavy atom. The standard InChI is InChI=1S/C27H31N3O5/c1-19-11-13-20(14-12-19)25(27(33)29-21-7-3-2-4-8-21)30(18-22-9-5-15-34-22)24(31)17-28-26(32)23-10-6-16-35-23/h5-6,9-16,21,25H,2-4,7-8,17-18H2,1H3,(H,28,32)(H,29,33)/t25-/m0/s1. The Hall–Kier alpha value is -3.81. The highest BCUT2D eigenvalue weighted by atomic mass is 16.3. The Labute approximate surface area is 204 Å². The highest BCUT2D eigenvalue weighted by Gasteiger charge is 2.33. The minimum absolute atomic E-state index is 0.0824. The van der Waals surface area contributed by atoms with Crippen LogP contribution in [0.3, 0.4) is 0 Å². The number of nitrogens with one attached hydrogen (secondary N) is 2. The van der Waals surface area contributed by atoms with Crippen molar-refractivity contribution in [2.45, 2.75) is 57.7 Å². The van der Waals surface area contributed by atoms with E-state index >= 15 is 0 Å². The van der Waals surface area contributed by atoms with Crippen molar-refractivity contribution in [1.29, 1.82) is 0 Å². The van der Waals surface area contributed by atoms with E-state index < -0.39 is 17.9 Å². The summed E-state index contributed by atoms with van der Waals surface area (Å²) >= 11 is 0. The molecule has 0 bridgehead atoms. The van der Waals surface area contributed by atoms with Crippen LogP contribution in [0.4, 0.5) is 0 Å². The first kappa shape index (κ1) is 24.3. The molecule has 8 nitrogen and oxygen atoms in total. The van der Waals surface area contributed by atoms with E-state index in [4.69, 9.17) is 8.83 Å². The van der Waals surface area contributed by atoms with Crippen LogP contribution in [0.25, 0.3) is 0 Å². The number of aryl methyl sites for hydroxylation is 1. The molecular formula is C27H31N3O5. The number of benzene rings is 1. The predicted molar refractivity (Wildman–Crippen MR) is 129 cm³/mol. The quantitative estimate of drug-likeness (QED) is 0.482. The van der Waals surface area contributed by atoms with Crippen molar-refractivity contribution in [2.24, 2.45) is 0 Å². The lowest BCUT2D eigenvalue weighted by Crippen LogP contribution is -2.49. The van der Waals surface area contributed by atoms with Gasteiger partial charge in [0.2, 0.25) is 11.8 Å². The first-order chi connectivity index (χ1) is 17.0. The van der Waals surface area contributed by atoms with Crippen LogP contribution < -0.4 is 10.6 Å². The molecule has 4 rings (SSSR count). The highest BCUT2D eigenvalue weighted by molar-refractivity contribution is 5.95. The molecule has 1 atom stereocenters. The number of hydrogen-bond acceptors (Lipinski definition) is 5. The van der Waals surface area contributed by atoms with Crippen molar-refractivity contribution in [2.75, 3.05) is 6.54 Å². The molecule has 1 saturated carbocycles. The average Bonchev–Trinajstić information content (AvgIpc) is 3.58. The molecule has 2 aromatic heterocycles. The number of amides is 3. The van der Waals surface area contributed by atoms with Gasteiger partial charge in [0.05, 0.1) is 25.6 Å². The van der Waals surface area contributed by atoms with Gasteiger partial charge in [-0.25, -0.2) is 0 Å². The molecule has 1 fully saturated rings. The van der Waals surface area contributed by atoms with Crippen molar-refractivity contribution >= 4 is 17.7 Å². The highest BCUT2D eigenvalue weighted by Crippen LogP contribution is 2.26. The van der Waals surface area contributed by atoms with Crippen molar-refractivity contribution < 1.29 is 23.2 Å². The van der Waals surface area contributed by atoms with Crippen LogP contribution in [0.15, 0.2) is 69.9 Å². The smallest absolute Gasteiger partial charge is 0.287 e. The second-order valence-corrected chi connectivity index (χ2v) is 8.92. The third-order valence-electron chi connectivity index (χ3n) is 6.28. The topological polar surface area (TPSA) is 105 Å². The zero-order valence-electron chi connectivity index (χ0n) is 19.9. The van der Waals surface area contributed by atoms with Crippen LogP contribution in [-0.4, -0.2) is 35.2 Å². The number of carbonyl (C=O) groups excluding carboxylic acids is 3. The molecule has 2 heterocycles. The lowest BCUT2D eigenvalue weighted by Gasteiger charge is -2.33. The molecule has 0 radical (unpaired) electrons. The SMILES string of the molecule is Cc1ccc([C@@H](C(=O)NC2CCCCC2)N(Cc2ccco2)C(=O)CNC(=O)c2ccco2)cc1. The van der Waals surface area contributed by atoms with Crippen molar-refractivity contribution in [3.63, 3.8) is 0 Å². The summed E-state index contributed by atoms with van der Waals surface area (Å²) in [7, 11) is 0. The van der Waals surface area contributed by atoms with E-state index in [1.165, 1.54) is 29.9 Å². The van der Waals surface area contributed by atoms with E-state index in [9.17, 15) is 14.4 Å². The van der Waals surface area contributed by atoms with Crippen molar-refractivity contribution in [1.82, 2.24) is 15.5 Å². The summed E-state index contributed by atoms with van der Waals surface area (Å²) in [5.41, 5.74) is 1.75. The molecule has 1 aliphatic rings. The summed E-state index contributed by atoms with van der Waals surface area (Å²) in [4.78, 5) is 41.0. The Kier molecular flexibility index (Phi) is 8.03. The largest absolute Gasteiger partial charge is 0.467 e. The van der Waals surface area contributed by atoms with E-state index in [0.29, 0.717) is 11.3 Å². The number of nitrogens with zero attached hydrogens (tertiary/aromatic N) is 1. The number of hydrogen-bond donors (Lipinski definition) is 2. The van der Waals surface area contributed by atoms with Gasteiger partial charge in [0.15, 0.2) is 5.76 Å². The van der Waals surface area contributed by atoms with Gasteiger partial charge in [-0.15, -0.1) is 0 Å². The summed E-state index contributed by atoms with van der Waals surface area (Å²) in [6.45, 7) is 1.76. The number of carbonyl (C=O) groups is 3. The minimum Gasteiger partial charge on any atom is -0.467 e. The third kappa shape index (κ3) is 6.41. The Balaban J connectivity index is 1.60. The molecule has 1 aliphatic carbocycles. The maximum atomic E-state index is 13.7. The number of furan rings is 2. The molecule has 3 amide bonds. The average molecular weight is 478 g/mol. The van der Waals surface area contributed by atoms with Gasteiger partial charge in [-0.05, 0) is 49.6 Å². The van der Waals surface area contributed by atoms with Gasteiger partial charge in [0, 0.05) is 6.04 Å². The normalized spacial score (nSPS) is 14.8. The van der Waals surface area contributed by atoms with Crippen LogP contribution in [0, 0.1) is 6.92 Å².